The zero-order valence-corrected chi connectivity index (χ0v) is 17.0. The number of sulfonamides is 1. The molecule has 2 N–H and O–H groups in total. The van der Waals surface area contributed by atoms with E-state index in [-0.39, 0.29) is 6.42 Å². The third kappa shape index (κ3) is 4.61. The van der Waals surface area contributed by atoms with Crippen LogP contribution in [0.15, 0.2) is 53.6 Å². The number of rotatable bonds is 6. The first-order valence-electron chi connectivity index (χ1n) is 8.55. The van der Waals surface area contributed by atoms with Crippen molar-refractivity contribution in [1.82, 2.24) is 9.71 Å². The van der Waals surface area contributed by atoms with Crippen LogP contribution in [0, 0.1) is 0 Å². The number of esters is 1. The summed E-state index contributed by atoms with van der Waals surface area (Å²) in [4.78, 5) is 14.4. The number of aromatic nitrogens is 1. The molecule has 0 aliphatic heterocycles. The molecule has 30 heavy (non-hydrogen) atoms. The van der Waals surface area contributed by atoms with Crippen LogP contribution in [0.2, 0.25) is 5.02 Å². The largest absolute Gasteiger partial charge is 0.468 e. The average molecular weight is 461 g/mol. The molecule has 1 unspecified atom stereocenters. The number of alkyl halides is 3. The van der Waals surface area contributed by atoms with Gasteiger partial charge in [-0.15, -0.1) is 0 Å². The van der Waals surface area contributed by atoms with Crippen LogP contribution in [-0.2, 0) is 32.2 Å². The maximum atomic E-state index is 13.0. The van der Waals surface area contributed by atoms with Gasteiger partial charge in [0.1, 0.15) is 10.9 Å². The van der Waals surface area contributed by atoms with Crippen molar-refractivity contribution < 1.29 is 31.1 Å². The van der Waals surface area contributed by atoms with Gasteiger partial charge >= 0.3 is 12.1 Å². The first-order valence-corrected chi connectivity index (χ1v) is 10.4. The standard InChI is InChI=1S/C19H16ClF3N2O4S/c1-29-18(26)16(8-11-10-24-15-5-3-2-4-13(11)15)25-30(27,28)17-9-12(19(21,22)23)6-7-14(17)20/h2-7,9-10,16,24-25H,8H2,1H3. The number of para-hydroxylation sites is 1. The number of carbonyl (C=O) groups is 1. The second-order valence-electron chi connectivity index (χ2n) is 6.40. The molecule has 1 heterocycles. The first kappa shape index (κ1) is 22.1. The molecule has 0 saturated heterocycles. The highest BCUT2D eigenvalue weighted by molar-refractivity contribution is 7.89. The number of nitrogens with one attached hydrogen (secondary N) is 2. The van der Waals surface area contributed by atoms with E-state index >= 15 is 0 Å². The van der Waals surface area contributed by atoms with Crippen LogP contribution in [0.5, 0.6) is 0 Å². The summed E-state index contributed by atoms with van der Waals surface area (Å²) < 4.78 is 71.3. The predicted octanol–water partition coefficient (Wildman–Crippen LogP) is 3.90. The maximum Gasteiger partial charge on any atom is 0.416 e. The number of hydrogen-bond donors (Lipinski definition) is 2. The van der Waals surface area contributed by atoms with Gasteiger partial charge in [-0.25, -0.2) is 8.42 Å². The Balaban J connectivity index is 1.96. The second-order valence-corrected chi connectivity index (χ2v) is 8.49. The SMILES string of the molecule is COC(=O)C(Cc1c[nH]c2ccccc12)NS(=O)(=O)c1cc(C(F)(F)F)ccc1Cl. The van der Waals surface area contributed by atoms with Gasteiger partial charge in [-0.3, -0.25) is 4.79 Å². The molecule has 3 aromatic rings. The fourth-order valence-corrected chi connectivity index (χ4v) is 4.68. The molecule has 1 aromatic heterocycles. The zero-order valence-electron chi connectivity index (χ0n) is 15.5. The fourth-order valence-electron chi connectivity index (χ4n) is 2.97. The van der Waals surface area contributed by atoms with Crippen molar-refractivity contribution in [2.75, 3.05) is 7.11 Å². The van der Waals surface area contributed by atoms with Crippen LogP contribution in [-0.4, -0.2) is 32.5 Å². The predicted molar refractivity (Wildman–Crippen MR) is 105 cm³/mol. The number of fused-ring (bicyclic) bond motifs is 1. The van der Waals surface area contributed by atoms with E-state index in [1.165, 1.54) is 0 Å². The maximum absolute atomic E-state index is 13.0. The van der Waals surface area contributed by atoms with Crippen molar-refractivity contribution in [1.29, 1.82) is 0 Å². The number of ether oxygens (including phenoxy) is 1. The van der Waals surface area contributed by atoms with E-state index in [0.717, 1.165) is 24.1 Å². The van der Waals surface area contributed by atoms with Crippen molar-refractivity contribution in [2.24, 2.45) is 0 Å². The molecule has 3 rings (SSSR count). The average Bonchev–Trinajstić information content (AvgIpc) is 3.09. The highest BCUT2D eigenvalue weighted by atomic mass is 35.5. The number of carbonyl (C=O) groups excluding carboxylic acids is 1. The van der Waals surface area contributed by atoms with E-state index in [2.05, 4.69) is 14.4 Å². The summed E-state index contributed by atoms with van der Waals surface area (Å²) in [5.41, 5.74) is 0.220. The lowest BCUT2D eigenvalue weighted by Crippen LogP contribution is -2.43. The molecule has 0 bridgehead atoms. The summed E-state index contributed by atoms with van der Waals surface area (Å²) in [7, 11) is -3.50. The molecule has 0 aliphatic rings. The number of H-pyrrole nitrogens is 1. The van der Waals surface area contributed by atoms with E-state index in [4.69, 9.17) is 11.6 Å². The van der Waals surface area contributed by atoms with Crippen LogP contribution in [0.25, 0.3) is 10.9 Å². The lowest BCUT2D eigenvalue weighted by molar-refractivity contribution is -0.142. The summed E-state index contributed by atoms with van der Waals surface area (Å²) in [6.07, 6.45) is -3.24. The van der Waals surface area contributed by atoms with Crippen LogP contribution in [0.4, 0.5) is 13.2 Å². The lowest BCUT2D eigenvalue weighted by atomic mass is 10.1. The highest BCUT2D eigenvalue weighted by Gasteiger charge is 2.34. The number of benzene rings is 2. The van der Waals surface area contributed by atoms with E-state index < -0.39 is 43.7 Å². The molecule has 0 spiro atoms. The van der Waals surface area contributed by atoms with Gasteiger partial charge in [0.25, 0.3) is 0 Å². The number of halogens is 4. The van der Waals surface area contributed by atoms with Crippen molar-refractivity contribution in [3.8, 4) is 0 Å². The molecule has 11 heteroatoms. The zero-order chi connectivity index (χ0) is 22.1. The monoisotopic (exact) mass is 460 g/mol. The number of methoxy groups -OCH3 is 1. The van der Waals surface area contributed by atoms with Gasteiger partial charge in [-0.05, 0) is 29.8 Å². The van der Waals surface area contributed by atoms with Crippen LogP contribution >= 0.6 is 11.6 Å². The molecule has 0 fully saturated rings. The molecule has 0 radical (unpaired) electrons. The third-order valence-corrected chi connectivity index (χ3v) is 6.38. The summed E-state index contributed by atoms with van der Waals surface area (Å²) >= 11 is 5.84. The summed E-state index contributed by atoms with van der Waals surface area (Å²) in [6, 6.07) is 7.72. The summed E-state index contributed by atoms with van der Waals surface area (Å²) in [5.74, 6) is -0.896. The molecular formula is C19H16ClF3N2O4S. The van der Waals surface area contributed by atoms with Gasteiger partial charge in [-0.2, -0.15) is 17.9 Å². The minimum atomic E-state index is -4.76. The Morgan fingerprint density at radius 1 is 1.23 bits per heavy atom. The van der Waals surface area contributed by atoms with Gasteiger partial charge in [0.15, 0.2) is 0 Å². The molecule has 0 aliphatic carbocycles. The van der Waals surface area contributed by atoms with E-state index in [0.29, 0.717) is 17.7 Å². The second kappa shape index (κ2) is 8.29. The Hall–Kier alpha value is -2.56. The molecule has 6 nitrogen and oxygen atoms in total. The normalized spacial score (nSPS) is 13.4. The summed E-state index contributed by atoms with van der Waals surface area (Å²) in [6.45, 7) is 0. The van der Waals surface area contributed by atoms with Crippen LogP contribution in [0.1, 0.15) is 11.1 Å². The Bertz CT molecular complexity index is 1190. The minimum Gasteiger partial charge on any atom is -0.468 e. The van der Waals surface area contributed by atoms with E-state index in [1.54, 1.807) is 30.5 Å². The molecule has 160 valence electrons. The topological polar surface area (TPSA) is 88.3 Å². The van der Waals surface area contributed by atoms with Crippen molar-refractivity contribution in [3.63, 3.8) is 0 Å². The molecule has 2 aromatic carbocycles. The third-order valence-electron chi connectivity index (χ3n) is 4.43. The first-order chi connectivity index (χ1) is 14.0. The van der Waals surface area contributed by atoms with Crippen molar-refractivity contribution in [3.05, 3.63) is 64.8 Å². The van der Waals surface area contributed by atoms with Crippen molar-refractivity contribution >= 4 is 38.5 Å². The minimum absolute atomic E-state index is 0.0908. The highest BCUT2D eigenvalue weighted by Crippen LogP contribution is 2.33. The van der Waals surface area contributed by atoms with E-state index in [1.807, 2.05) is 0 Å². The molecule has 1 atom stereocenters. The van der Waals surface area contributed by atoms with Crippen LogP contribution in [0.3, 0.4) is 0 Å². The molecule has 0 amide bonds. The van der Waals surface area contributed by atoms with Gasteiger partial charge in [0.05, 0.1) is 17.7 Å². The Labute approximate surface area is 175 Å². The Morgan fingerprint density at radius 3 is 2.60 bits per heavy atom. The number of aromatic amines is 1. The molecular weight excluding hydrogens is 445 g/mol. The quantitative estimate of drug-likeness (QED) is 0.546. The fraction of sp³-hybridized carbons (Fsp3) is 0.211. The van der Waals surface area contributed by atoms with Crippen molar-refractivity contribution in [2.45, 2.75) is 23.5 Å². The summed E-state index contributed by atoms with van der Waals surface area (Å²) in [5, 5.41) is 0.355. The van der Waals surface area contributed by atoms with Gasteiger partial charge < -0.3 is 9.72 Å². The Kier molecular flexibility index (Phi) is 6.11. The van der Waals surface area contributed by atoms with E-state index in [9.17, 15) is 26.4 Å². The molecule has 0 saturated carbocycles. The number of hydrogen-bond acceptors (Lipinski definition) is 4. The smallest absolute Gasteiger partial charge is 0.416 e. The lowest BCUT2D eigenvalue weighted by Gasteiger charge is -2.18. The Morgan fingerprint density at radius 2 is 1.93 bits per heavy atom. The van der Waals surface area contributed by atoms with Gasteiger partial charge in [0.2, 0.25) is 10.0 Å². The van der Waals surface area contributed by atoms with Gasteiger partial charge in [0, 0.05) is 23.5 Å². The van der Waals surface area contributed by atoms with Gasteiger partial charge in [-0.1, -0.05) is 29.8 Å². The van der Waals surface area contributed by atoms with Crippen LogP contribution < -0.4 is 4.72 Å².